The summed E-state index contributed by atoms with van der Waals surface area (Å²) >= 11 is 0. The molecule has 0 aliphatic carbocycles. The highest BCUT2D eigenvalue weighted by Gasteiger charge is 2.26. The Morgan fingerprint density at radius 1 is 0.875 bits per heavy atom. The monoisotopic (exact) mass is 276 g/mol. The van der Waals surface area contributed by atoms with Gasteiger partial charge in [-0.2, -0.15) is 0 Å². The Morgan fingerprint density at radius 2 is 1.06 bits per heavy atom. The molecular formula is C4H6O10P2. The summed E-state index contributed by atoms with van der Waals surface area (Å²) in [6, 6.07) is 0. The first-order valence-electron chi connectivity index (χ1n) is 3.20. The Hall–Kier alpha value is -1.02. The van der Waals surface area contributed by atoms with E-state index in [1.807, 2.05) is 0 Å². The Kier molecular flexibility index (Phi) is 8.87. The summed E-state index contributed by atoms with van der Waals surface area (Å²) < 4.78 is 19.1. The van der Waals surface area contributed by atoms with Gasteiger partial charge in [0.2, 0.25) is 0 Å². The van der Waals surface area contributed by atoms with Crippen LogP contribution in [0, 0.1) is 0 Å². The van der Waals surface area contributed by atoms with Gasteiger partial charge in [-0.15, -0.1) is 0 Å². The van der Waals surface area contributed by atoms with Gasteiger partial charge in [-0.3, -0.25) is 0 Å². The zero-order valence-electron chi connectivity index (χ0n) is 7.29. The molecule has 0 bridgehead atoms. The van der Waals surface area contributed by atoms with Gasteiger partial charge < -0.3 is 30.2 Å². The van der Waals surface area contributed by atoms with Crippen LogP contribution in [0.15, 0.2) is 0 Å². The van der Waals surface area contributed by atoms with Crippen LogP contribution in [0.5, 0.6) is 0 Å². The second-order valence-corrected chi connectivity index (χ2v) is 4.11. The molecule has 0 amide bonds. The van der Waals surface area contributed by atoms with Crippen molar-refractivity contribution in [2.45, 2.75) is 11.7 Å². The normalized spacial score (nSPS) is 15.0. The number of hydrogen-bond donors (Lipinski definition) is 4. The number of carboxylic acids is 2. The third-order valence-corrected chi connectivity index (χ3v) is 2.08. The Labute approximate surface area is 89.5 Å². The minimum absolute atomic E-state index is 1.75. The molecule has 0 fully saturated rings. The van der Waals surface area contributed by atoms with Crippen molar-refractivity contribution in [3.8, 4) is 0 Å². The first-order valence-corrected chi connectivity index (χ1v) is 5.69. The fraction of sp³-hybridized carbons (Fsp3) is 0.500. The van der Waals surface area contributed by atoms with Gasteiger partial charge in [-0.25, -0.2) is 9.59 Å². The highest BCUT2D eigenvalue weighted by molar-refractivity contribution is 7.38. The van der Waals surface area contributed by atoms with Crippen LogP contribution in [0.2, 0.25) is 0 Å². The molecule has 0 saturated carbocycles. The molecule has 4 atom stereocenters. The highest BCUT2D eigenvalue weighted by Crippen LogP contribution is 2.13. The van der Waals surface area contributed by atoms with Gasteiger partial charge in [0, 0.05) is 0 Å². The van der Waals surface area contributed by atoms with Gasteiger partial charge >= 0.3 is 39.7 Å². The predicted molar refractivity (Wildman–Crippen MR) is 42.5 cm³/mol. The Morgan fingerprint density at radius 3 is 1.06 bits per heavy atom. The van der Waals surface area contributed by atoms with E-state index in [9.17, 15) is 28.5 Å². The van der Waals surface area contributed by atoms with E-state index in [1.54, 1.807) is 0 Å². The van der Waals surface area contributed by atoms with Gasteiger partial charge in [-0.05, 0) is 0 Å². The van der Waals surface area contributed by atoms with Gasteiger partial charge in [0.1, 0.15) is 0 Å². The molecule has 0 saturated heterocycles. The van der Waals surface area contributed by atoms with Gasteiger partial charge in [0.05, 0.1) is 0 Å². The number of aliphatic hydroxyl groups is 2. The fourth-order valence-electron chi connectivity index (χ4n) is 0.180. The summed E-state index contributed by atoms with van der Waals surface area (Å²) in [6.45, 7) is 0. The van der Waals surface area contributed by atoms with Crippen molar-refractivity contribution < 1.29 is 48.9 Å². The Bertz CT molecular complexity index is 241. The van der Waals surface area contributed by atoms with E-state index in [4.69, 9.17) is 20.4 Å². The number of rotatable bonds is 4. The van der Waals surface area contributed by atoms with E-state index in [2.05, 4.69) is 0 Å². The molecule has 10 nitrogen and oxygen atoms in total. The molecule has 4 unspecified atom stereocenters. The maximum atomic E-state index is 9.55. The lowest BCUT2D eigenvalue weighted by Gasteiger charge is -1.90. The third kappa shape index (κ3) is 8.30. The lowest BCUT2D eigenvalue weighted by atomic mass is 10.7. The molecule has 0 heterocycles. The molecule has 0 rings (SSSR count). The van der Waals surface area contributed by atoms with Crippen molar-refractivity contribution in [3.05, 3.63) is 0 Å². The molecule has 0 aromatic rings. The molecule has 0 aliphatic heterocycles. The molecule has 0 aliphatic rings. The van der Waals surface area contributed by atoms with Crippen molar-refractivity contribution in [2.75, 3.05) is 0 Å². The summed E-state index contributed by atoms with van der Waals surface area (Å²) in [7, 11) is -6.49. The van der Waals surface area contributed by atoms with Crippen LogP contribution in [-0.2, 0) is 18.7 Å². The van der Waals surface area contributed by atoms with E-state index in [-0.39, 0.29) is 0 Å². The smallest absolute Gasteiger partial charge is 0.384 e. The first kappa shape index (κ1) is 17.4. The summed E-state index contributed by atoms with van der Waals surface area (Å²) in [5.41, 5.74) is 0. The molecule has 4 N–H and O–H groups in total. The molecule has 12 heteroatoms. The fourth-order valence-corrected chi connectivity index (χ4v) is 0.541. The van der Waals surface area contributed by atoms with Crippen LogP contribution < -0.4 is 9.79 Å². The second kappa shape index (κ2) is 8.17. The average Bonchev–Trinajstić information content (AvgIpc) is 2.15. The van der Waals surface area contributed by atoms with Crippen molar-refractivity contribution >= 4 is 28.0 Å². The number of carbonyl (C=O) groups is 2. The van der Waals surface area contributed by atoms with Gasteiger partial charge in [-0.1, -0.05) is 9.13 Å². The largest absolute Gasteiger partial charge is 0.593 e. The van der Waals surface area contributed by atoms with Gasteiger partial charge in [0.15, 0.2) is 0 Å². The number of carboxylic acid groups (broad SMARTS) is 2. The van der Waals surface area contributed by atoms with E-state index >= 15 is 0 Å². The highest BCUT2D eigenvalue weighted by atomic mass is 31.1. The minimum atomic E-state index is -3.25. The molecule has 92 valence electrons. The van der Waals surface area contributed by atoms with Crippen LogP contribution in [0.4, 0.5) is 0 Å². The van der Waals surface area contributed by atoms with Crippen LogP contribution in [0.1, 0.15) is 0 Å². The van der Waals surface area contributed by atoms with E-state index in [0.29, 0.717) is 0 Å². The lowest BCUT2D eigenvalue weighted by Crippen LogP contribution is -2.18. The topological polar surface area (TPSA) is 195 Å². The molecule has 0 radical (unpaired) electrons. The molecule has 0 aromatic heterocycles. The zero-order chi connectivity index (χ0) is 13.5. The van der Waals surface area contributed by atoms with Crippen LogP contribution >= 0.6 is 16.1 Å². The maximum Gasteiger partial charge on any atom is 0.384 e. The van der Waals surface area contributed by atoms with Crippen LogP contribution in [-0.4, -0.2) is 44.1 Å². The number of aliphatic hydroxyl groups excluding tert-OH is 2. The predicted octanol–water partition coefficient (Wildman–Crippen LogP) is -3.02. The summed E-state index contributed by atoms with van der Waals surface area (Å²) in [4.78, 5) is 38.1. The third-order valence-electron chi connectivity index (χ3n) is 0.841. The molecule has 16 heavy (non-hydrogen) atoms. The summed E-state index contributed by atoms with van der Waals surface area (Å²) in [5, 5.41) is 31.5. The molecular weight excluding hydrogens is 270 g/mol. The Balaban J connectivity index is 0. The number of hydrogen-bond acceptors (Lipinski definition) is 8. The van der Waals surface area contributed by atoms with Gasteiger partial charge in [0.25, 0.3) is 0 Å². The first-order chi connectivity index (χ1) is 7.11. The standard InChI is InChI=1S/2C2H3O5P/c2*3-1(4)2(5)8(6)7/h2*2,5H,(H,3,4). The summed E-state index contributed by atoms with van der Waals surface area (Å²) in [5.74, 6) is -8.02. The van der Waals surface area contributed by atoms with Crippen LogP contribution in [0.25, 0.3) is 0 Å². The molecule has 0 spiro atoms. The van der Waals surface area contributed by atoms with Crippen molar-refractivity contribution in [1.82, 2.24) is 0 Å². The lowest BCUT2D eigenvalue weighted by molar-refractivity contribution is -0.177. The van der Waals surface area contributed by atoms with E-state index in [1.165, 1.54) is 0 Å². The minimum Gasteiger partial charge on any atom is -0.593 e. The van der Waals surface area contributed by atoms with Crippen molar-refractivity contribution in [1.29, 1.82) is 0 Å². The molecule has 0 aromatic carbocycles. The van der Waals surface area contributed by atoms with Crippen LogP contribution in [0.3, 0.4) is 0 Å². The van der Waals surface area contributed by atoms with Crippen molar-refractivity contribution in [3.63, 3.8) is 0 Å². The van der Waals surface area contributed by atoms with E-state index < -0.39 is 39.7 Å². The second-order valence-electron chi connectivity index (χ2n) is 1.99. The summed E-state index contributed by atoms with van der Waals surface area (Å²) in [6.07, 6.45) is 0. The van der Waals surface area contributed by atoms with E-state index in [0.717, 1.165) is 0 Å². The van der Waals surface area contributed by atoms with Crippen molar-refractivity contribution in [2.24, 2.45) is 0 Å². The maximum absolute atomic E-state index is 9.55. The number of aliphatic carboxylic acids is 2. The average molecular weight is 276 g/mol. The quantitative estimate of drug-likeness (QED) is 0.383. The zero-order valence-corrected chi connectivity index (χ0v) is 9.08. The SMILES string of the molecule is O=C(O)C(O)[P+](=O)[O-].O=C(O)C(O)[P+](=O)[O-].